The molecule has 0 saturated carbocycles. The third kappa shape index (κ3) is 3.63. The summed E-state index contributed by atoms with van der Waals surface area (Å²) in [5.41, 5.74) is 9.54. The van der Waals surface area contributed by atoms with E-state index in [2.05, 4.69) is 37.1 Å². The number of hydrogen-bond donors (Lipinski definition) is 1. The molecular weight excluding hydrogens is 310 g/mol. The number of carbonyl (C=O) groups is 1. The number of primary amides is 1. The Morgan fingerprint density at radius 3 is 2.56 bits per heavy atom. The lowest BCUT2D eigenvalue weighted by Crippen LogP contribution is -2.11. The van der Waals surface area contributed by atoms with Gasteiger partial charge >= 0.3 is 0 Å². The maximum atomic E-state index is 11.4. The average molecular weight is 333 g/mol. The first kappa shape index (κ1) is 17.0. The molecule has 0 saturated heterocycles. The third-order valence-electron chi connectivity index (χ3n) is 4.25. The van der Waals surface area contributed by atoms with E-state index in [0.717, 1.165) is 35.4 Å². The normalized spacial score (nSPS) is 11.2. The Labute approximate surface area is 148 Å². The van der Waals surface area contributed by atoms with Gasteiger partial charge in [0.15, 0.2) is 0 Å². The highest BCUT2D eigenvalue weighted by Gasteiger charge is 2.14. The Morgan fingerprint density at radius 1 is 1.20 bits per heavy atom. The van der Waals surface area contributed by atoms with E-state index in [1.165, 1.54) is 5.56 Å². The summed E-state index contributed by atoms with van der Waals surface area (Å²) in [6.07, 6.45) is 0.896. The van der Waals surface area contributed by atoms with Crippen molar-refractivity contribution in [3.8, 4) is 0 Å². The van der Waals surface area contributed by atoms with Gasteiger partial charge in [-0.05, 0) is 29.2 Å². The van der Waals surface area contributed by atoms with E-state index >= 15 is 0 Å². The molecular formula is C21H23N3O. The number of hydrogen-bond acceptors (Lipinski definition) is 2. The van der Waals surface area contributed by atoms with Gasteiger partial charge in [-0.15, -0.1) is 0 Å². The molecule has 0 bridgehead atoms. The molecule has 3 rings (SSSR count). The fraction of sp³-hybridized carbons (Fsp3) is 0.238. The predicted octanol–water partition coefficient (Wildman–Crippen LogP) is 3.78. The molecule has 0 aliphatic heterocycles. The summed E-state index contributed by atoms with van der Waals surface area (Å²) >= 11 is 0. The molecule has 25 heavy (non-hydrogen) atoms. The van der Waals surface area contributed by atoms with Gasteiger partial charge in [0.05, 0.1) is 11.0 Å². The van der Waals surface area contributed by atoms with Crippen molar-refractivity contribution in [1.82, 2.24) is 9.55 Å². The van der Waals surface area contributed by atoms with Crippen molar-refractivity contribution in [2.24, 2.45) is 11.7 Å². The molecule has 4 nitrogen and oxygen atoms in total. The highest BCUT2D eigenvalue weighted by molar-refractivity contribution is 6.18. The Hall–Kier alpha value is -2.88. The fourth-order valence-corrected chi connectivity index (χ4v) is 2.97. The zero-order chi connectivity index (χ0) is 18.0. The number of aromatic nitrogens is 2. The highest BCUT2D eigenvalue weighted by atomic mass is 16.1. The first-order chi connectivity index (χ1) is 12.0. The van der Waals surface area contributed by atoms with Crippen molar-refractivity contribution in [3.05, 3.63) is 72.1 Å². The van der Waals surface area contributed by atoms with Crippen molar-refractivity contribution in [1.29, 1.82) is 0 Å². The quantitative estimate of drug-likeness (QED) is 0.698. The van der Waals surface area contributed by atoms with E-state index in [4.69, 9.17) is 10.7 Å². The summed E-state index contributed by atoms with van der Waals surface area (Å²) in [5.74, 6) is 1.05. The summed E-state index contributed by atoms with van der Waals surface area (Å²) in [6.45, 7) is 8.91. The molecule has 0 aliphatic carbocycles. The fourth-order valence-electron chi connectivity index (χ4n) is 2.97. The van der Waals surface area contributed by atoms with Crippen LogP contribution in [0, 0.1) is 5.92 Å². The van der Waals surface area contributed by atoms with Crippen LogP contribution in [-0.4, -0.2) is 15.5 Å². The second kappa shape index (κ2) is 6.93. The standard InChI is InChI=1S/C21H23N3O/c1-14(2)11-20-23-18-12-17(15(3)21(22)25)9-10-19(18)24(20)13-16-7-5-4-6-8-16/h4-10,12,14H,3,11,13H2,1-2H3,(H2,22,25). The number of fused-ring (bicyclic) bond motifs is 1. The molecule has 2 N–H and O–H groups in total. The number of benzene rings is 2. The van der Waals surface area contributed by atoms with Gasteiger partial charge in [-0.25, -0.2) is 4.98 Å². The number of imidazole rings is 1. The predicted molar refractivity (Wildman–Crippen MR) is 102 cm³/mol. The molecule has 1 amide bonds. The first-order valence-corrected chi connectivity index (χ1v) is 8.48. The van der Waals surface area contributed by atoms with Crippen LogP contribution in [0.2, 0.25) is 0 Å². The Balaban J connectivity index is 2.09. The first-order valence-electron chi connectivity index (χ1n) is 8.48. The van der Waals surface area contributed by atoms with E-state index in [1.54, 1.807) is 0 Å². The highest BCUT2D eigenvalue weighted by Crippen LogP contribution is 2.24. The molecule has 4 heteroatoms. The van der Waals surface area contributed by atoms with Crippen molar-refractivity contribution < 1.29 is 4.79 Å². The third-order valence-corrected chi connectivity index (χ3v) is 4.25. The maximum Gasteiger partial charge on any atom is 0.248 e. The van der Waals surface area contributed by atoms with Crippen LogP contribution in [0.5, 0.6) is 0 Å². The number of nitrogens with zero attached hydrogens (tertiary/aromatic N) is 2. The van der Waals surface area contributed by atoms with Gasteiger partial charge in [0.2, 0.25) is 5.91 Å². The zero-order valence-corrected chi connectivity index (χ0v) is 14.7. The lowest BCUT2D eigenvalue weighted by molar-refractivity contribution is -0.112. The monoisotopic (exact) mass is 333 g/mol. The summed E-state index contributed by atoms with van der Waals surface area (Å²) in [5, 5.41) is 0. The molecule has 128 valence electrons. The minimum absolute atomic E-state index is 0.310. The summed E-state index contributed by atoms with van der Waals surface area (Å²) in [7, 11) is 0. The van der Waals surface area contributed by atoms with Gasteiger partial charge in [-0.3, -0.25) is 4.79 Å². The zero-order valence-electron chi connectivity index (χ0n) is 14.7. The maximum absolute atomic E-state index is 11.4. The Bertz CT molecular complexity index is 923. The van der Waals surface area contributed by atoms with E-state index < -0.39 is 5.91 Å². The molecule has 0 unspecified atom stereocenters. The van der Waals surface area contributed by atoms with Crippen molar-refractivity contribution in [2.75, 3.05) is 0 Å². The number of rotatable bonds is 6. The lowest BCUT2D eigenvalue weighted by atomic mass is 10.1. The average Bonchev–Trinajstić information content (AvgIpc) is 2.91. The largest absolute Gasteiger partial charge is 0.366 e. The minimum Gasteiger partial charge on any atom is -0.366 e. The second-order valence-corrected chi connectivity index (χ2v) is 6.74. The van der Waals surface area contributed by atoms with Gasteiger partial charge < -0.3 is 10.3 Å². The van der Waals surface area contributed by atoms with Gasteiger partial charge in [-0.1, -0.05) is 56.8 Å². The Kier molecular flexibility index (Phi) is 4.70. The molecule has 0 spiro atoms. The summed E-state index contributed by atoms with van der Waals surface area (Å²) in [6, 6.07) is 16.1. The number of carbonyl (C=O) groups excluding carboxylic acids is 1. The van der Waals surface area contributed by atoms with Gasteiger partial charge in [0, 0.05) is 18.5 Å². The number of amides is 1. The molecule has 2 aromatic carbocycles. The van der Waals surface area contributed by atoms with Crippen LogP contribution >= 0.6 is 0 Å². The van der Waals surface area contributed by atoms with Crippen LogP contribution in [0.1, 0.15) is 30.8 Å². The molecule has 3 aromatic rings. The molecule has 0 aliphatic rings. The van der Waals surface area contributed by atoms with E-state index in [1.807, 2.05) is 36.4 Å². The smallest absolute Gasteiger partial charge is 0.248 e. The van der Waals surface area contributed by atoms with Crippen LogP contribution in [0.3, 0.4) is 0 Å². The van der Waals surface area contributed by atoms with Gasteiger partial charge in [0.25, 0.3) is 0 Å². The molecule has 0 atom stereocenters. The van der Waals surface area contributed by atoms with E-state index in [0.29, 0.717) is 11.5 Å². The van der Waals surface area contributed by atoms with Crippen LogP contribution in [-0.2, 0) is 17.8 Å². The Morgan fingerprint density at radius 2 is 1.92 bits per heavy atom. The number of nitrogens with two attached hydrogens (primary N) is 1. The van der Waals surface area contributed by atoms with Crippen molar-refractivity contribution in [2.45, 2.75) is 26.8 Å². The van der Waals surface area contributed by atoms with Crippen LogP contribution in [0.15, 0.2) is 55.1 Å². The minimum atomic E-state index is -0.509. The van der Waals surface area contributed by atoms with Crippen LogP contribution in [0.25, 0.3) is 16.6 Å². The lowest BCUT2D eigenvalue weighted by Gasteiger charge is -2.11. The topological polar surface area (TPSA) is 60.9 Å². The van der Waals surface area contributed by atoms with Crippen molar-refractivity contribution in [3.63, 3.8) is 0 Å². The molecule has 1 aromatic heterocycles. The molecule has 0 fully saturated rings. The van der Waals surface area contributed by atoms with Crippen LogP contribution < -0.4 is 5.73 Å². The van der Waals surface area contributed by atoms with Crippen molar-refractivity contribution >= 4 is 22.5 Å². The summed E-state index contributed by atoms with van der Waals surface area (Å²) in [4.78, 5) is 16.2. The van der Waals surface area contributed by atoms with E-state index in [-0.39, 0.29) is 0 Å². The SMILES string of the molecule is C=C(C(N)=O)c1ccc2c(c1)nc(CC(C)C)n2Cc1ccccc1. The van der Waals surface area contributed by atoms with E-state index in [9.17, 15) is 4.79 Å². The van der Waals surface area contributed by atoms with Gasteiger partial charge in [-0.2, -0.15) is 0 Å². The second-order valence-electron chi connectivity index (χ2n) is 6.74. The molecule has 0 radical (unpaired) electrons. The molecule has 1 heterocycles. The summed E-state index contributed by atoms with van der Waals surface area (Å²) < 4.78 is 2.25. The van der Waals surface area contributed by atoms with Crippen LogP contribution in [0.4, 0.5) is 0 Å². The van der Waals surface area contributed by atoms with Gasteiger partial charge in [0.1, 0.15) is 5.82 Å².